The summed E-state index contributed by atoms with van der Waals surface area (Å²) in [5.41, 5.74) is 1.77. The number of halogens is 1. The van der Waals surface area contributed by atoms with Gasteiger partial charge in [-0.1, -0.05) is 30.0 Å². The van der Waals surface area contributed by atoms with E-state index >= 15 is 0 Å². The van der Waals surface area contributed by atoms with Crippen LogP contribution in [-0.4, -0.2) is 45.3 Å². The number of thiophene rings is 1. The number of amides is 2. The van der Waals surface area contributed by atoms with Gasteiger partial charge in [-0.15, -0.1) is 11.3 Å². The number of rotatable bonds is 8. The van der Waals surface area contributed by atoms with Crippen molar-refractivity contribution in [3.05, 3.63) is 87.9 Å². The number of fused-ring (bicyclic) bond motifs is 3. The van der Waals surface area contributed by atoms with Crippen LogP contribution in [0, 0.1) is 5.82 Å². The number of Topliss-reactive ketones (excluding diaryl/α,β-unsaturated/α-hetero) is 1. The summed E-state index contributed by atoms with van der Waals surface area (Å²) in [5, 5.41) is 5.18. The van der Waals surface area contributed by atoms with Gasteiger partial charge in [0.15, 0.2) is 11.0 Å². The SMILES string of the molecule is O=C(CC[C@H]1N=C2c3ccccc3N=C(SCC(=O)c3ccc(F)cc3)N2C1=O)NCc1cccs1. The highest BCUT2D eigenvalue weighted by molar-refractivity contribution is 8.14. The van der Waals surface area contributed by atoms with Gasteiger partial charge in [0.25, 0.3) is 5.91 Å². The minimum absolute atomic E-state index is 0.0273. The fourth-order valence-corrected chi connectivity index (χ4v) is 5.43. The van der Waals surface area contributed by atoms with Crippen molar-refractivity contribution in [1.29, 1.82) is 0 Å². The molecule has 0 spiro atoms. The molecular weight excluding hydrogens is 499 g/mol. The summed E-state index contributed by atoms with van der Waals surface area (Å²) in [5.74, 6) is -0.528. The molecule has 0 unspecified atom stereocenters. The van der Waals surface area contributed by atoms with E-state index in [2.05, 4.69) is 15.3 Å². The number of nitrogens with one attached hydrogen (secondary N) is 1. The van der Waals surface area contributed by atoms with E-state index in [1.807, 2.05) is 41.8 Å². The Balaban J connectivity index is 1.28. The van der Waals surface area contributed by atoms with Crippen LogP contribution in [0.15, 0.2) is 76.0 Å². The molecule has 3 heterocycles. The van der Waals surface area contributed by atoms with Gasteiger partial charge in [-0.25, -0.2) is 14.3 Å². The number of amidine groups is 2. The molecule has 2 aliphatic rings. The number of benzene rings is 2. The van der Waals surface area contributed by atoms with Crippen molar-refractivity contribution >= 4 is 57.4 Å². The Morgan fingerprint density at radius 1 is 1.08 bits per heavy atom. The summed E-state index contributed by atoms with van der Waals surface area (Å²) in [6, 6.07) is 15.9. The lowest BCUT2D eigenvalue weighted by molar-refractivity contribution is -0.125. The van der Waals surface area contributed by atoms with Crippen LogP contribution >= 0.6 is 23.1 Å². The van der Waals surface area contributed by atoms with Crippen LogP contribution in [0.4, 0.5) is 10.1 Å². The highest BCUT2D eigenvalue weighted by Crippen LogP contribution is 2.34. The van der Waals surface area contributed by atoms with E-state index in [0.717, 1.165) is 22.2 Å². The van der Waals surface area contributed by atoms with Crippen molar-refractivity contribution < 1.29 is 18.8 Å². The molecule has 3 aromatic rings. The lowest BCUT2D eigenvalue weighted by Crippen LogP contribution is -2.41. The molecule has 10 heteroatoms. The van der Waals surface area contributed by atoms with Gasteiger partial charge in [-0.3, -0.25) is 19.4 Å². The van der Waals surface area contributed by atoms with Crippen LogP contribution in [0.1, 0.15) is 33.6 Å². The van der Waals surface area contributed by atoms with Crippen LogP contribution in [0.25, 0.3) is 0 Å². The Kier molecular flexibility index (Phi) is 7.06. The fourth-order valence-electron chi connectivity index (χ4n) is 3.89. The minimum Gasteiger partial charge on any atom is -0.351 e. The summed E-state index contributed by atoms with van der Waals surface area (Å²) in [7, 11) is 0. The maximum absolute atomic E-state index is 13.3. The molecule has 2 aromatic carbocycles. The molecule has 0 radical (unpaired) electrons. The first kappa shape index (κ1) is 24.1. The van der Waals surface area contributed by atoms with Crippen molar-refractivity contribution in [2.24, 2.45) is 9.98 Å². The molecule has 2 amide bonds. The Morgan fingerprint density at radius 2 is 1.89 bits per heavy atom. The Hall–Kier alpha value is -3.63. The van der Waals surface area contributed by atoms with Gasteiger partial charge in [0.1, 0.15) is 17.7 Å². The van der Waals surface area contributed by atoms with Gasteiger partial charge in [-0.2, -0.15) is 0 Å². The van der Waals surface area contributed by atoms with Crippen molar-refractivity contribution in [3.8, 4) is 0 Å². The first-order chi connectivity index (χ1) is 17.5. The summed E-state index contributed by atoms with van der Waals surface area (Å²) >= 11 is 2.70. The Morgan fingerprint density at radius 3 is 2.67 bits per heavy atom. The number of nitrogens with zero attached hydrogens (tertiary/aromatic N) is 3. The van der Waals surface area contributed by atoms with E-state index in [4.69, 9.17) is 0 Å². The molecule has 36 heavy (non-hydrogen) atoms. The van der Waals surface area contributed by atoms with E-state index in [1.54, 1.807) is 11.3 Å². The van der Waals surface area contributed by atoms with Crippen LogP contribution < -0.4 is 5.32 Å². The Labute approximate surface area is 215 Å². The molecule has 0 saturated heterocycles. The zero-order chi connectivity index (χ0) is 25.1. The number of hydrogen-bond donors (Lipinski definition) is 1. The van der Waals surface area contributed by atoms with Gasteiger partial charge < -0.3 is 5.32 Å². The van der Waals surface area contributed by atoms with Crippen LogP contribution in [0.3, 0.4) is 0 Å². The lowest BCUT2D eigenvalue weighted by Gasteiger charge is -2.25. The predicted molar refractivity (Wildman–Crippen MR) is 139 cm³/mol. The van der Waals surface area contributed by atoms with Crippen LogP contribution in [-0.2, 0) is 16.1 Å². The molecule has 1 atom stereocenters. The number of para-hydroxylation sites is 1. The topological polar surface area (TPSA) is 91.2 Å². The van der Waals surface area contributed by atoms with E-state index in [-0.39, 0.29) is 36.2 Å². The normalized spacial score (nSPS) is 16.2. The number of carbonyl (C=O) groups is 3. The number of thioether (sulfide) groups is 1. The first-order valence-corrected chi connectivity index (χ1v) is 13.2. The second kappa shape index (κ2) is 10.5. The third-order valence-electron chi connectivity index (χ3n) is 5.73. The molecule has 2 aliphatic heterocycles. The smallest absolute Gasteiger partial charge is 0.259 e. The lowest BCUT2D eigenvalue weighted by atomic mass is 10.1. The number of hydrogen-bond acceptors (Lipinski definition) is 7. The maximum atomic E-state index is 13.3. The zero-order valence-corrected chi connectivity index (χ0v) is 20.7. The summed E-state index contributed by atoms with van der Waals surface area (Å²) in [6.07, 6.45) is 0.431. The van der Waals surface area contributed by atoms with E-state index < -0.39 is 11.9 Å². The van der Waals surface area contributed by atoms with Gasteiger partial charge in [0, 0.05) is 22.4 Å². The molecule has 0 fully saturated rings. The second-order valence-corrected chi connectivity index (χ2v) is 10.1. The second-order valence-electron chi connectivity index (χ2n) is 8.17. The van der Waals surface area contributed by atoms with Crippen molar-refractivity contribution in [3.63, 3.8) is 0 Å². The highest BCUT2D eigenvalue weighted by atomic mass is 32.2. The van der Waals surface area contributed by atoms with Crippen molar-refractivity contribution in [2.75, 3.05) is 5.75 Å². The van der Waals surface area contributed by atoms with Crippen LogP contribution in [0.2, 0.25) is 0 Å². The highest BCUT2D eigenvalue weighted by Gasteiger charge is 2.41. The molecule has 1 N–H and O–H groups in total. The standard InChI is InChI=1S/C26H21FN4O3S2/c27-17-9-7-16(8-10-17)22(32)15-36-26-30-20-6-2-1-5-19(20)24-29-21(25(34)31(24)26)11-12-23(33)28-14-18-4-3-13-35-18/h1-10,13,21H,11-12,14-15H2,(H,28,33)/t21-/m1/s1. The van der Waals surface area contributed by atoms with E-state index in [9.17, 15) is 18.8 Å². The summed E-state index contributed by atoms with van der Waals surface area (Å²) < 4.78 is 13.2. The van der Waals surface area contributed by atoms with Crippen LogP contribution in [0.5, 0.6) is 0 Å². The number of aliphatic imine (C=N–C) groups is 2. The third-order valence-corrected chi connectivity index (χ3v) is 7.55. The van der Waals surface area contributed by atoms with Crippen molar-refractivity contribution in [2.45, 2.75) is 25.4 Å². The predicted octanol–water partition coefficient (Wildman–Crippen LogP) is 4.56. The van der Waals surface area contributed by atoms with E-state index in [1.165, 1.54) is 29.2 Å². The molecule has 7 nitrogen and oxygen atoms in total. The zero-order valence-electron chi connectivity index (χ0n) is 19.0. The average Bonchev–Trinajstić information content (AvgIpc) is 3.53. The molecular formula is C26H21FN4O3S2. The maximum Gasteiger partial charge on any atom is 0.259 e. The molecule has 0 saturated carbocycles. The summed E-state index contributed by atoms with van der Waals surface area (Å²) in [6.45, 7) is 0.457. The first-order valence-electron chi connectivity index (χ1n) is 11.3. The monoisotopic (exact) mass is 520 g/mol. The average molecular weight is 521 g/mol. The summed E-state index contributed by atoms with van der Waals surface area (Å²) in [4.78, 5) is 50.1. The fraction of sp³-hybridized carbons (Fsp3) is 0.192. The third kappa shape index (κ3) is 5.14. The molecule has 0 aliphatic carbocycles. The van der Waals surface area contributed by atoms with Gasteiger partial charge >= 0.3 is 0 Å². The largest absolute Gasteiger partial charge is 0.351 e. The molecule has 1 aromatic heterocycles. The molecule has 5 rings (SSSR count). The minimum atomic E-state index is -0.711. The quantitative estimate of drug-likeness (QED) is 0.441. The number of ketones is 1. The number of carbonyl (C=O) groups excluding carboxylic acids is 3. The van der Waals surface area contributed by atoms with E-state index in [0.29, 0.717) is 28.8 Å². The molecule has 182 valence electrons. The van der Waals surface area contributed by atoms with Gasteiger partial charge in [0.05, 0.1) is 18.0 Å². The van der Waals surface area contributed by atoms with Gasteiger partial charge in [0.2, 0.25) is 5.91 Å². The van der Waals surface area contributed by atoms with Crippen molar-refractivity contribution in [1.82, 2.24) is 10.2 Å². The Bertz CT molecular complexity index is 1370. The van der Waals surface area contributed by atoms with Gasteiger partial charge in [-0.05, 0) is 54.3 Å². The molecule has 0 bridgehead atoms.